The molecule has 4 aromatic rings. The summed E-state index contributed by atoms with van der Waals surface area (Å²) in [6.45, 7) is 7.55. The molecule has 1 amide bonds. The Balaban J connectivity index is 1.60. The number of aromatic nitrogens is 3. The van der Waals surface area contributed by atoms with Gasteiger partial charge < -0.3 is 10.6 Å². The number of nitriles is 1. The third-order valence-corrected chi connectivity index (χ3v) is 5.50. The molecule has 7 heteroatoms. The van der Waals surface area contributed by atoms with Gasteiger partial charge in [0.15, 0.2) is 5.82 Å². The van der Waals surface area contributed by atoms with Crippen LogP contribution in [0.2, 0.25) is 0 Å². The summed E-state index contributed by atoms with van der Waals surface area (Å²) in [7, 11) is 0. The smallest absolute Gasteiger partial charge is 0.255 e. The van der Waals surface area contributed by atoms with Gasteiger partial charge in [0, 0.05) is 22.6 Å². The van der Waals surface area contributed by atoms with Gasteiger partial charge in [0.25, 0.3) is 5.91 Å². The van der Waals surface area contributed by atoms with Crippen molar-refractivity contribution in [1.29, 1.82) is 5.26 Å². The second-order valence-corrected chi connectivity index (χ2v) is 8.47. The summed E-state index contributed by atoms with van der Waals surface area (Å²) in [6, 6.07) is 18.9. The van der Waals surface area contributed by atoms with Gasteiger partial charge in [0.2, 0.25) is 0 Å². The van der Waals surface area contributed by atoms with Gasteiger partial charge in [0.05, 0.1) is 17.0 Å². The van der Waals surface area contributed by atoms with Gasteiger partial charge in [-0.15, -0.1) is 0 Å². The van der Waals surface area contributed by atoms with Crippen molar-refractivity contribution < 1.29 is 4.79 Å². The summed E-state index contributed by atoms with van der Waals surface area (Å²) in [6.07, 6.45) is 1.50. The second kappa shape index (κ2) is 8.67. The first-order valence-corrected chi connectivity index (χ1v) is 10.6. The zero-order chi connectivity index (χ0) is 23.6. The van der Waals surface area contributed by atoms with Crippen molar-refractivity contribution in [3.8, 4) is 6.07 Å². The van der Waals surface area contributed by atoms with Crippen molar-refractivity contribution in [2.75, 3.05) is 10.6 Å². The summed E-state index contributed by atoms with van der Waals surface area (Å²) in [5, 5.41) is 15.7. The van der Waals surface area contributed by atoms with E-state index in [1.54, 1.807) is 18.2 Å². The lowest BCUT2D eigenvalue weighted by molar-refractivity contribution is 0.102. The normalized spacial score (nSPS) is 11.1. The monoisotopic (exact) mass is 436 g/mol. The minimum atomic E-state index is -0.677. The standard InChI is InChI=1S/C26H24N6O/c1-16-8-10-20(31-25(33)18-6-5-7-19(12-18)26(3,4)14-27)13-22(16)32-24-23-21(28-15-29-24)11-9-17(2)30-23/h5-13,15H,1-4H3,(H,31,33)(H,28,29,32). The number of hydrogen-bond donors (Lipinski definition) is 2. The van der Waals surface area contributed by atoms with Crippen LogP contribution in [0.4, 0.5) is 17.2 Å². The Morgan fingerprint density at radius 3 is 2.64 bits per heavy atom. The minimum absolute atomic E-state index is 0.245. The first-order chi connectivity index (χ1) is 15.8. The zero-order valence-electron chi connectivity index (χ0n) is 19.0. The van der Waals surface area contributed by atoms with Crippen LogP contribution >= 0.6 is 0 Å². The molecule has 164 valence electrons. The van der Waals surface area contributed by atoms with Crippen molar-refractivity contribution in [2.45, 2.75) is 33.1 Å². The van der Waals surface area contributed by atoms with Crippen molar-refractivity contribution in [3.63, 3.8) is 0 Å². The summed E-state index contributed by atoms with van der Waals surface area (Å²) >= 11 is 0. The fourth-order valence-corrected chi connectivity index (χ4v) is 3.41. The Bertz CT molecular complexity index is 1400. The number of carbonyl (C=O) groups excluding carboxylic acids is 1. The van der Waals surface area contributed by atoms with Gasteiger partial charge in [-0.2, -0.15) is 5.26 Å². The first-order valence-electron chi connectivity index (χ1n) is 10.6. The third kappa shape index (κ3) is 4.65. The number of carbonyl (C=O) groups is 1. The molecule has 2 N–H and O–H groups in total. The van der Waals surface area contributed by atoms with Crippen LogP contribution in [0.1, 0.15) is 41.0 Å². The van der Waals surface area contributed by atoms with Crippen LogP contribution in [-0.2, 0) is 5.41 Å². The van der Waals surface area contributed by atoms with Gasteiger partial charge in [-0.3, -0.25) is 4.79 Å². The molecule has 7 nitrogen and oxygen atoms in total. The Morgan fingerprint density at radius 2 is 1.85 bits per heavy atom. The van der Waals surface area contributed by atoms with Crippen LogP contribution < -0.4 is 10.6 Å². The number of rotatable bonds is 5. The van der Waals surface area contributed by atoms with Crippen LogP contribution in [-0.4, -0.2) is 20.9 Å². The van der Waals surface area contributed by atoms with E-state index < -0.39 is 5.41 Å². The average Bonchev–Trinajstić information content (AvgIpc) is 2.81. The number of nitrogens with one attached hydrogen (secondary N) is 2. The fourth-order valence-electron chi connectivity index (χ4n) is 3.41. The predicted molar refractivity (Wildman–Crippen MR) is 130 cm³/mol. The van der Waals surface area contributed by atoms with Crippen LogP contribution in [0.3, 0.4) is 0 Å². The van der Waals surface area contributed by atoms with E-state index in [4.69, 9.17) is 0 Å². The average molecular weight is 437 g/mol. The van der Waals surface area contributed by atoms with Crippen molar-refractivity contribution in [2.24, 2.45) is 0 Å². The van der Waals surface area contributed by atoms with Crippen LogP contribution in [0, 0.1) is 25.2 Å². The quantitative estimate of drug-likeness (QED) is 0.432. The maximum absolute atomic E-state index is 12.9. The zero-order valence-corrected chi connectivity index (χ0v) is 19.0. The van der Waals surface area contributed by atoms with E-state index in [0.717, 1.165) is 28.0 Å². The van der Waals surface area contributed by atoms with Crippen molar-refractivity contribution in [1.82, 2.24) is 15.0 Å². The van der Waals surface area contributed by atoms with Gasteiger partial charge in [-0.05, 0) is 75.2 Å². The summed E-state index contributed by atoms with van der Waals surface area (Å²) in [5.41, 5.74) is 5.35. The molecule has 0 aliphatic heterocycles. The first kappa shape index (κ1) is 21.9. The molecule has 0 atom stereocenters. The highest BCUT2D eigenvalue weighted by molar-refractivity contribution is 6.04. The summed E-state index contributed by atoms with van der Waals surface area (Å²) < 4.78 is 0. The molecule has 0 saturated heterocycles. The van der Waals surface area contributed by atoms with E-state index in [9.17, 15) is 10.1 Å². The minimum Gasteiger partial charge on any atom is -0.338 e. The van der Waals surface area contributed by atoms with Gasteiger partial charge in [-0.25, -0.2) is 15.0 Å². The maximum atomic E-state index is 12.9. The molecule has 0 radical (unpaired) electrons. The van der Waals surface area contributed by atoms with E-state index in [0.29, 0.717) is 22.6 Å². The summed E-state index contributed by atoms with van der Waals surface area (Å²) in [5.74, 6) is 0.354. The molecule has 0 saturated carbocycles. The molecular formula is C26H24N6O. The molecule has 0 unspecified atom stereocenters. The lowest BCUT2D eigenvalue weighted by Gasteiger charge is -2.17. The largest absolute Gasteiger partial charge is 0.338 e. The molecule has 0 aliphatic rings. The predicted octanol–water partition coefficient (Wildman–Crippen LogP) is 5.44. The van der Waals surface area contributed by atoms with E-state index in [1.807, 2.05) is 64.1 Å². The SMILES string of the molecule is Cc1ccc2ncnc(Nc3cc(NC(=O)c4cccc(C(C)(C)C#N)c4)ccc3C)c2n1. The summed E-state index contributed by atoms with van der Waals surface area (Å²) in [4.78, 5) is 26.1. The highest BCUT2D eigenvalue weighted by atomic mass is 16.1. The lowest BCUT2D eigenvalue weighted by Crippen LogP contribution is -2.17. The van der Waals surface area contributed by atoms with E-state index in [1.165, 1.54) is 6.33 Å². The molecule has 0 bridgehead atoms. The highest BCUT2D eigenvalue weighted by Gasteiger charge is 2.21. The number of benzene rings is 2. The van der Waals surface area contributed by atoms with Crippen molar-refractivity contribution in [3.05, 3.63) is 83.3 Å². The lowest BCUT2D eigenvalue weighted by atomic mass is 9.85. The Labute approximate surface area is 192 Å². The van der Waals surface area contributed by atoms with Gasteiger partial charge >= 0.3 is 0 Å². The molecular weight excluding hydrogens is 412 g/mol. The Kier molecular flexibility index (Phi) is 5.76. The van der Waals surface area contributed by atoms with Crippen LogP contribution in [0.5, 0.6) is 0 Å². The fraction of sp³-hybridized carbons (Fsp3) is 0.192. The number of nitrogens with zero attached hydrogens (tertiary/aromatic N) is 4. The number of pyridine rings is 1. The van der Waals surface area contributed by atoms with Crippen molar-refractivity contribution >= 4 is 34.1 Å². The molecule has 2 aromatic carbocycles. The third-order valence-electron chi connectivity index (χ3n) is 5.50. The molecule has 0 fully saturated rings. The molecule has 4 rings (SSSR count). The van der Waals surface area contributed by atoms with Crippen LogP contribution in [0.25, 0.3) is 11.0 Å². The highest BCUT2D eigenvalue weighted by Crippen LogP contribution is 2.27. The number of aryl methyl sites for hydroxylation is 2. The molecule has 2 heterocycles. The molecule has 0 spiro atoms. The van der Waals surface area contributed by atoms with Crippen LogP contribution in [0.15, 0.2) is 60.9 Å². The van der Waals surface area contributed by atoms with E-state index in [2.05, 4.69) is 31.7 Å². The maximum Gasteiger partial charge on any atom is 0.255 e. The number of anilines is 3. The Hall–Kier alpha value is -4.31. The number of amides is 1. The van der Waals surface area contributed by atoms with E-state index >= 15 is 0 Å². The molecule has 0 aliphatic carbocycles. The van der Waals surface area contributed by atoms with Gasteiger partial charge in [0.1, 0.15) is 11.8 Å². The Morgan fingerprint density at radius 1 is 1.03 bits per heavy atom. The number of hydrogen-bond acceptors (Lipinski definition) is 6. The van der Waals surface area contributed by atoms with E-state index in [-0.39, 0.29) is 5.91 Å². The molecule has 33 heavy (non-hydrogen) atoms. The molecule has 2 aromatic heterocycles. The number of fused-ring (bicyclic) bond motifs is 1. The van der Waals surface area contributed by atoms with Gasteiger partial charge in [-0.1, -0.05) is 18.2 Å². The topological polar surface area (TPSA) is 104 Å². The second-order valence-electron chi connectivity index (χ2n) is 8.47.